The number of nitrogens with zero attached hydrogens (tertiary/aromatic N) is 3. The number of aliphatic carboxylic acids is 1. The third-order valence-corrected chi connectivity index (χ3v) is 5.76. The second kappa shape index (κ2) is 9.63. The summed E-state index contributed by atoms with van der Waals surface area (Å²) in [6, 6.07) is 7.74. The molecule has 2 aromatic rings. The second-order valence-corrected chi connectivity index (χ2v) is 7.95. The van der Waals surface area contributed by atoms with Crippen LogP contribution in [0.5, 0.6) is 0 Å². The van der Waals surface area contributed by atoms with E-state index in [-0.39, 0.29) is 23.9 Å². The smallest absolute Gasteiger partial charge is 0.475 e. The summed E-state index contributed by atoms with van der Waals surface area (Å²) in [7, 11) is 0. The maximum absolute atomic E-state index is 12.9. The lowest BCUT2D eigenvalue weighted by Gasteiger charge is -2.39. The predicted molar refractivity (Wildman–Crippen MR) is 109 cm³/mol. The van der Waals surface area contributed by atoms with E-state index in [2.05, 4.69) is 4.98 Å². The average molecular weight is 467 g/mol. The van der Waals surface area contributed by atoms with Crippen molar-refractivity contribution in [1.82, 2.24) is 14.8 Å². The van der Waals surface area contributed by atoms with E-state index in [1.54, 1.807) is 19.3 Å². The summed E-state index contributed by atoms with van der Waals surface area (Å²) >= 11 is 0. The summed E-state index contributed by atoms with van der Waals surface area (Å²) in [5.41, 5.74) is 2.46. The Balaban J connectivity index is 0.000000383. The van der Waals surface area contributed by atoms with Crippen molar-refractivity contribution in [2.45, 2.75) is 57.9 Å². The third kappa shape index (κ3) is 5.52. The van der Waals surface area contributed by atoms with Crippen LogP contribution in [0.2, 0.25) is 0 Å². The highest BCUT2D eigenvalue weighted by molar-refractivity contribution is 5.95. The number of furan rings is 1. The topological polar surface area (TPSA) is 104 Å². The summed E-state index contributed by atoms with van der Waals surface area (Å²) < 4.78 is 37.0. The third-order valence-electron chi connectivity index (χ3n) is 5.76. The SMILES string of the molecule is Cc1cccc(CN2C(=O)CC[C@@H]3[C@H]2CCN3C(=O)c2ccoc2C)n1.O=C(O)C(F)(F)F. The van der Waals surface area contributed by atoms with E-state index < -0.39 is 12.1 Å². The van der Waals surface area contributed by atoms with Crippen molar-refractivity contribution in [3.8, 4) is 0 Å². The van der Waals surface area contributed by atoms with Gasteiger partial charge in [0.25, 0.3) is 5.91 Å². The molecule has 1 N–H and O–H groups in total. The largest absolute Gasteiger partial charge is 0.490 e. The van der Waals surface area contributed by atoms with Crippen LogP contribution in [0.25, 0.3) is 0 Å². The number of hydrogen-bond donors (Lipinski definition) is 1. The summed E-state index contributed by atoms with van der Waals surface area (Å²) in [6.45, 7) is 4.94. The number of piperidine rings is 1. The number of pyridine rings is 1. The minimum Gasteiger partial charge on any atom is -0.475 e. The van der Waals surface area contributed by atoms with Crippen LogP contribution < -0.4 is 0 Å². The number of rotatable bonds is 3. The molecule has 2 atom stereocenters. The van der Waals surface area contributed by atoms with E-state index >= 15 is 0 Å². The van der Waals surface area contributed by atoms with Crippen LogP contribution in [-0.4, -0.2) is 62.5 Å². The monoisotopic (exact) mass is 467 g/mol. The first kappa shape index (κ1) is 24.3. The van der Waals surface area contributed by atoms with Crippen molar-refractivity contribution in [3.05, 3.63) is 53.2 Å². The van der Waals surface area contributed by atoms with Gasteiger partial charge in [-0.1, -0.05) is 6.07 Å². The molecule has 11 heteroatoms. The molecule has 0 aromatic carbocycles. The van der Waals surface area contributed by atoms with Crippen LogP contribution in [0, 0.1) is 13.8 Å². The van der Waals surface area contributed by atoms with Gasteiger partial charge in [0, 0.05) is 18.7 Å². The maximum Gasteiger partial charge on any atom is 0.490 e. The number of fused-ring (bicyclic) bond motifs is 1. The highest BCUT2D eigenvalue weighted by atomic mass is 19.4. The molecule has 0 saturated carbocycles. The fourth-order valence-electron chi connectivity index (χ4n) is 4.23. The standard InChI is InChI=1S/C20H23N3O3.C2HF3O2/c1-13-4-3-5-15(21-13)12-23-18-8-10-22(17(18)6-7-19(23)24)20(25)16-9-11-26-14(16)2;3-2(4,5)1(6)7/h3-5,9,11,17-18H,6-8,10,12H2,1-2H3;(H,6,7)/t17-,18-;/m1./s1. The first-order chi connectivity index (χ1) is 15.5. The highest BCUT2D eigenvalue weighted by Crippen LogP contribution is 2.33. The van der Waals surface area contributed by atoms with Crippen LogP contribution in [0.1, 0.15) is 46.8 Å². The van der Waals surface area contributed by atoms with E-state index in [0.717, 1.165) is 24.2 Å². The van der Waals surface area contributed by atoms with Crippen LogP contribution in [0.3, 0.4) is 0 Å². The van der Waals surface area contributed by atoms with Crippen molar-refractivity contribution >= 4 is 17.8 Å². The number of carbonyl (C=O) groups excluding carboxylic acids is 2. The molecule has 0 aliphatic carbocycles. The lowest BCUT2D eigenvalue weighted by atomic mass is 9.95. The minimum atomic E-state index is -5.08. The number of aryl methyl sites for hydroxylation is 2. The van der Waals surface area contributed by atoms with Crippen molar-refractivity contribution in [1.29, 1.82) is 0 Å². The lowest BCUT2D eigenvalue weighted by molar-refractivity contribution is -0.192. The Morgan fingerprint density at radius 3 is 2.45 bits per heavy atom. The average Bonchev–Trinajstić information content (AvgIpc) is 3.36. The number of carboxylic acid groups (broad SMARTS) is 1. The molecule has 2 aromatic heterocycles. The molecule has 4 rings (SSSR count). The van der Waals surface area contributed by atoms with Gasteiger partial charge in [0.1, 0.15) is 5.76 Å². The zero-order valence-corrected chi connectivity index (χ0v) is 18.1. The Hall–Kier alpha value is -3.37. The van der Waals surface area contributed by atoms with Crippen LogP contribution in [-0.2, 0) is 16.1 Å². The van der Waals surface area contributed by atoms with Gasteiger partial charge in [0.05, 0.1) is 36.1 Å². The molecule has 2 saturated heterocycles. The van der Waals surface area contributed by atoms with Crippen molar-refractivity contribution in [2.24, 2.45) is 0 Å². The Morgan fingerprint density at radius 1 is 1.18 bits per heavy atom. The first-order valence-corrected chi connectivity index (χ1v) is 10.4. The van der Waals surface area contributed by atoms with Gasteiger partial charge >= 0.3 is 12.1 Å². The zero-order valence-electron chi connectivity index (χ0n) is 18.1. The fraction of sp³-hybridized carbons (Fsp3) is 0.455. The van der Waals surface area contributed by atoms with Gasteiger partial charge in [-0.2, -0.15) is 13.2 Å². The number of halogens is 3. The van der Waals surface area contributed by atoms with Gasteiger partial charge in [-0.05, 0) is 44.9 Å². The quantitative estimate of drug-likeness (QED) is 0.743. The van der Waals surface area contributed by atoms with E-state index in [9.17, 15) is 22.8 Å². The molecular formula is C22H24F3N3O5. The maximum atomic E-state index is 12.9. The van der Waals surface area contributed by atoms with Gasteiger partial charge in [0.2, 0.25) is 5.91 Å². The van der Waals surface area contributed by atoms with Gasteiger partial charge < -0.3 is 19.3 Å². The summed E-state index contributed by atoms with van der Waals surface area (Å²) in [6.07, 6.45) is -1.52. The molecule has 0 spiro atoms. The molecule has 0 unspecified atom stereocenters. The van der Waals surface area contributed by atoms with E-state index in [1.807, 2.05) is 34.9 Å². The normalized spacial score (nSPS) is 20.2. The van der Waals surface area contributed by atoms with Crippen molar-refractivity contribution < 1.29 is 37.1 Å². The van der Waals surface area contributed by atoms with Gasteiger partial charge in [-0.25, -0.2) is 4.79 Å². The van der Waals surface area contributed by atoms with Crippen LogP contribution in [0.15, 0.2) is 34.9 Å². The van der Waals surface area contributed by atoms with E-state index in [4.69, 9.17) is 14.3 Å². The van der Waals surface area contributed by atoms with Crippen molar-refractivity contribution in [2.75, 3.05) is 6.54 Å². The molecule has 2 fully saturated rings. The van der Waals surface area contributed by atoms with E-state index in [1.165, 1.54) is 0 Å². The Morgan fingerprint density at radius 2 is 1.88 bits per heavy atom. The van der Waals surface area contributed by atoms with Gasteiger partial charge in [-0.3, -0.25) is 14.6 Å². The van der Waals surface area contributed by atoms with Crippen LogP contribution in [0.4, 0.5) is 13.2 Å². The van der Waals surface area contributed by atoms with Crippen molar-refractivity contribution in [3.63, 3.8) is 0 Å². The number of carboxylic acids is 1. The summed E-state index contributed by atoms with van der Waals surface area (Å²) in [4.78, 5) is 42.8. The second-order valence-electron chi connectivity index (χ2n) is 7.95. The molecule has 4 heterocycles. The zero-order chi connectivity index (χ0) is 24.3. The number of hydrogen-bond acceptors (Lipinski definition) is 5. The van der Waals surface area contributed by atoms with Crippen LogP contribution >= 0.6 is 0 Å². The van der Waals surface area contributed by atoms with Gasteiger partial charge in [-0.15, -0.1) is 0 Å². The molecule has 0 bridgehead atoms. The molecular weight excluding hydrogens is 443 g/mol. The Bertz CT molecular complexity index is 1040. The number of carbonyl (C=O) groups is 3. The minimum absolute atomic E-state index is 0.00623. The number of alkyl halides is 3. The molecule has 0 radical (unpaired) electrons. The number of likely N-dealkylation sites (tertiary alicyclic amines) is 2. The molecule has 2 aliphatic rings. The molecule has 2 amide bonds. The summed E-state index contributed by atoms with van der Waals surface area (Å²) in [5.74, 6) is -1.95. The Labute approximate surface area is 188 Å². The fourth-order valence-corrected chi connectivity index (χ4v) is 4.23. The van der Waals surface area contributed by atoms with Gasteiger partial charge in [0.15, 0.2) is 0 Å². The summed E-state index contributed by atoms with van der Waals surface area (Å²) in [5, 5.41) is 7.12. The lowest BCUT2D eigenvalue weighted by Crippen LogP contribution is -2.52. The number of amides is 2. The molecule has 33 heavy (non-hydrogen) atoms. The molecule has 2 aliphatic heterocycles. The highest BCUT2D eigenvalue weighted by Gasteiger charge is 2.45. The number of aromatic nitrogens is 1. The molecule has 8 nitrogen and oxygen atoms in total. The predicted octanol–water partition coefficient (Wildman–Crippen LogP) is 3.33. The Kier molecular flexibility index (Phi) is 7.09. The molecule has 178 valence electrons. The first-order valence-electron chi connectivity index (χ1n) is 10.4. The van der Waals surface area contributed by atoms with E-state index in [0.29, 0.717) is 30.8 Å².